The molecule has 0 bridgehead atoms. The average molecular weight is 421 g/mol. The Bertz CT molecular complexity index is 1060. The van der Waals surface area contributed by atoms with Crippen molar-refractivity contribution in [3.8, 4) is 5.75 Å². The molecule has 1 saturated heterocycles. The van der Waals surface area contributed by atoms with Crippen LogP contribution in [-0.4, -0.2) is 34.5 Å². The molecule has 7 heteroatoms. The Balaban J connectivity index is 1.72. The number of nitrogens with zero attached hydrogens (tertiary/aromatic N) is 3. The van der Waals surface area contributed by atoms with Gasteiger partial charge in [0, 0.05) is 24.8 Å². The van der Waals surface area contributed by atoms with Gasteiger partial charge in [-0.25, -0.2) is 4.99 Å². The van der Waals surface area contributed by atoms with Gasteiger partial charge in [-0.2, -0.15) is 0 Å². The Kier molecular flexibility index (Phi) is 4.64. The predicted octanol–water partition coefficient (Wildman–Crippen LogP) is 5.38. The molecule has 3 heterocycles. The van der Waals surface area contributed by atoms with Crippen LogP contribution in [0.25, 0.3) is 0 Å². The summed E-state index contributed by atoms with van der Waals surface area (Å²) in [6, 6.07) is 13.0. The number of ether oxygens (including phenoxy) is 1. The van der Waals surface area contributed by atoms with E-state index in [1.807, 2.05) is 6.07 Å². The van der Waals surface area contributed by atoms with Crippen molar-refractivity contribution >= 4 is 22.9 Å². The zero-order valence-electron chi connectivity index (χ0n) is 18.1. The van der Waals surface area contributed by atoms with E-state index in [-0.39, 0.29) is 16.0 Å². The smallest absolute Gasteiger partial charge is 0.273 e. The molecule has 0 amide bonds. The molecule has 1 N–H and O–H groups in total. The Hall–Kier alpha value is -3.09. The minimum Gasteiger partial charge on any atom is -0.457 e. The Labute approximate surface area is 182 Å². The molecule has 5 rings (SSSR count). The summed E-state index contributed by atoms with van der Waals surface area (Å²) in [4.78, 5) is 18.5. The molecular weight excluding hydrogens is 392 g/mol. The Morgan fingerprint density at radius 2 is 1.97 bits per heavy atom. The van der Waals surface area contributed by atoms with Crippen LogP contribution in [0, 0.1) is 10.1 Å². The first-order valence-corrected chi connectivity index (χ1v) is 11.2. The van der Waals surface area contributed by atoms with Gasteiger partial charge < -0.3 is 15.0 Å². The molecular formula is C24H28N4O3. The van der Waals surface area contributed by atoms with Crippen LogP contribution in [0.1, 0.15) is 51.5 Å². The van der Waals surface area contributed by atoms with Crippen molar-refractivity contribution in [2.45, 2.75) is 57.1 Å². The van der Waals surface area contributed by atoms with E-state index in [4.69, 9.17) is 9.73 Å². The van der Waals surface area contributed by atoms with E-state index in [1.54, 1.807) is 6.07 Å². The number of para-hydroxylation sites is 1. The monoisotopic (exact) mass is 420 g/mol. The molecule has 1 unspecified atom stereocenters. The maximum absolute atomic E-state index is 11.4. The van der Waals surface area contributed by atoms with E-state index in [2.05, 4.69) is 42.3 Å². The van der Waals surface area contributed by atoms with E-state index in [0.29, 0.717) is 11.4 Å². The molecule has 3 aliphatic rings. The SMILES string of the molecule is CCCC1(C)c2ccccc2N[C@]12Oc1cc([N+](=O)[O-])ccc1N=C2N1CCCCC1. The fourth-order valence-electron chi connectivity index (χ4n) is 5.43. The second-order valence-electron chi connectivity index (χ2n) is 8.93. The second-order valence-corrected chi connectivity index (χ2v) is 8.93. The van der Waals surface area contributed by atoms with Gasteiger partial charge in [-0.15, -0.1) is 0 Å². The van der Waals surface area contributed by atoms with Gasteiger partial charge >= 0.3 is 0 Å². The first kappa shape index (κ1) is 19.8. The number of non-ortho nitro benzene ring substituents is 1. The van der Waals surface area contributed by atoms with Gasteiger partial charge in [-0.3, -0.25) is 10.1 Å². The van der Waals surface area contributed by atoms with E-state index in [9.17, 15) is 10.1 Å². The number of anilines is 1. The Morgan fingerprint density at radius 1 is 1.19 bits per heavy atom. The van der Waals surface area contributed by atoms with Crippen molar-refractivity contribution in [3.63, 3.8) is 0 Å². The largest absolute Gasteiger partial charge is 0.457 e. The maximum Gasteiger partial charge on any atom is 0.273 e. The minimum absolute atomic E-state index is 0.0122. The number of nitrogens with one attached hydrogen (secondary N) is 1. The van der Waals surface area contributed by atoms with E-state index in [0.717, 1.165) is 50.3 Å². The van der Waals surface area contributed by atoms with Crippen molar-refractivity contribution in [2.24, 2.45) is 4.99 Å². The van der Waals surface area contributed by atoms with Crippen molar-refractivity contribution < 1.29 is 9.66 Å². The van der Waals surface area contributed by atoms with Crippen LogP contribution >= 0.6 is 0 Å². The number of benzene rings is 2. The summed E-state index contributed by atoms with van der Waals surface area (Å²) >= 11 is 0. The number of fused-ring (bicyclic) bond motifs is 2. The molecule has 2 aromatic carbocycles. The van der Waals surface area contributed by atoms with E-state index >= 15 is 0 Å². The highest BCUT2D eigenvalue weighted by atomic mass is 16.6. The van der Waals surface area contributed by atoms with Gasteiger partial charge in [0.15, 0.2) is 11.6 Å². The highest BCUT2D eigenvalue weighted by Gasteiger charge is 2.62. The number of nitro benzene ring substituents is 1. The third-order valence-electron chi connectivity index (χ3n) is 6.97. The van der Waals surface area contributed by atoms with Gasteiger partial charge in [0.2, 0.25) is 5.72 Å². The maximum atomic E-state index is 11.4. The van der Waals surface area contributed by atoms with Gasteiger partial charge in [0.1, 0.15) is 5.69 Å². The summed E-state index contributed by atoms with van der Waals surface area (Å²) in [5, 5.41) is 15.1. The summed E-state index contributed by atoms with van der Waals surface area (Å²) in [5.74, 6) is 1.35. The standard InChI is InChI=1S/C24H28N4O3/c1-3-13-23(2)18-9-5-6-10-19(18)26-24(23)22(27-14-7-4-8-15-27)25-20-12-11-17(28(29)30)16-21(20)31-24/h5-6,9-12,16,26H,3-4,7-8,13-15H2,1-2H3/t23?,24-/m1/s1. The first-order valence-electron chi connectivity index (χ1n) is 11.2. The molecule has 1 fully saturated rings. The molecule has 2 aromatic rings. The average Bonchev–Trinajstić information content (AvgIpc) is 3.02. The number of amidine groups is 1. The lowest BCUT2D eigenvalue weighted by atomic mass is 9.71. The van der Waals surface area contributed by atoms with Crippen molar-refractivity contribution in [2.75, 3.05) is 18.4 Å². The van der Waals surface area contributed by atoms with Crippen molar-refractivity contribution in [3.05, 3.63) is 58.1 Å². The Morgan fingerprint density at radius 3 is 2.71 bits per heavy atom. The normalized spacial score (nSPS) is 26.5. The molecule has 0 saturated carbocycles. The lowest BCUT2D eigenvalue weighted by Gasteiger charge is -2.49. The number of aliphatic imine (C=N–C) groups is 1. The zero-order valence-corrected chi connectivity index (χ0v) is 18.1. The minimum atomic E-state index is -0.910. The van der Waals surface area contributed by atoms with Crippen molar-refractivity contribution in [1.82, 2.24) is 4.90 Å². The van der Waals surface area contributed by atoms with Crippen LogP contribution in [0.5, 0.6) is 5.75 Å². The highest BCUT2D eigenvalue weighted by molar-refractivity contribution is 6.01. The third kappa shape index (κ3) is 2.90. The predicted molar refractivity (Wildman–Crippen MR) is 121 cm³/mol. The van der Waals surface area contributed by atoms with E-state index in [1.165, 1.54) is 24.1 Å². The van der Waals surface area contributed by atoms with Crippen molar-refractivity contribution in [1.29, 1.82) is 0 Å². The van der Waals surface area contributed by atoms with Crippen LogP contribution in [-0.2, 0) is 5.41 Å². The number of piperidine rings is 1. The van der Waals surface area contributed by atoms with Gasteiger partial charge in [-0.05, 0) is 50.3 Å². The second kappa shape index (κ2) is 7.25. The summed E-state index contributed by atoms with van der Waals surface area (Å²) in [6.45, 7) is 6.29. The van der Waals surface area contributed by atoms with Crippen LogP contribution in [0.3, 0.4) is 0 Å². The fourth-order valence-corrected chi connectivity index (χ4v) is 5.43. The molecule has 0 aliphatic carbocycles. The zero-order chi connectivity index (χ0) is 21.6. The van der Waals surface area contributed by atoms with Crippen LogP contribution in [0.15, 0.2) is 47.5 Å². The van der Waals surface area contributed by atoms with Gasteiger partial charge in [0.25, 0.3) is 5.69 Å². The highest BCUT2D eigenvalue weighted by Crippen LogP contribution is 2.55. The molecule has 1 spiro atoms. The lowest BCUT2D eigenvalue weighted by Crippen LogP contribution is -2.66. The third-order valence-corrected chi connectivity index (χ3v) is 6.97. The first-order chi connectivity index (χ1) is 15.0. The molecule has 0 radical (unpaired) electrons. The van der Waals surface area contributed by atoms with Gasteiger partial charge in [-0.1, -0.05) is 31.5 Å². The summed E-state index contributed by atoms with van der Waals surface area (Å²) in [6.07, 6.45) is 5.35. The molecule has 2 atom stereocenters. The fraction of sp³-hybridized carbons (Fsp3) is 0.458. The topological polar surface area (TPSA) is 80.0 Å². The molecule has 3 aliphatic heterocycles. The van der Waals surface area contributed by atoms with Crippen LogP contribution in [0.2, 0.25) is 0 Å². The lowest BCUT2D eigenvalue weighted by molar-refractivity contribution is -0.385. The molecule has 162 valence electrons. The molecule has 7 nitrogen and oxygen atoms in total. The number of likely N-dealkylation sites (tertiary alicyclic amines) is 1. The number of hydrogen-bond donors (Lipinski definition) is 1. The summed E-state index contributed by atoms with van der Waals surface area (Å²) < 4.78 is 6.80. The molecule has 31 heavy (non-hydrogen) atoms. The van der Waals surface area contributed by atoms with Crippen LogP contribution in [0.4, 0.5) is 17.1 Å². The number of hydrogen-bond acceptors (Lipinski definition) is 6. The summed E-state index contributed by atoms with van der Waals surface area (Å²) in [7, 11) is 0. The van der Waals surface area contributed by atoms with Crippen LogP contribution < -0.4 is 10.1 Å². The molecule has 0 aromatic heterocycles. The quantitative estimate of drug-likeness (QED) is 0.532. The van der Waals surface area contributed by atoms with E-state index < -0.39 is 5.72 Å². The van der Waals surface area contributed by atoms with Gasteiger partial charge in [0.05, 0.1) is 16.4 Å². The number of nitro groups is 1. The number of rotatable bonds is 3. The summed E-state index contributed by atoms with van der Waals surface area (Å²) in [5.41, 5.74) is 1.61.